The van der Waals surface area contributed by atoms with E-state index in [4.69, 9.17) is 4.74 Å². The molecule has 1 aromatic heterocycles. The van der Waals surface area contributed by atoms with Gasteiger partial charge in [0.25, 0.3) is 5.91 Å². The molecule has 3 amide bonds. The molecule has 0 saturated heterocycles. The lowest BCUT2D eigenvalue weighted by molar-refractivity contribution is -0.144. The minimum atomic E-state index is -0.893. The number of aryl methyl sites for hydroxylation is 1. The Morgan fingerprint density at radius 2 is 1.93 bits per heavy atom. The van der Waals surface area contributed by atoms with Crippen LogP contribution >= 0.6 is 0 Å². The van der Waals surface area contributed by atoms with Gasteiger partial charge in [0.2, 0.25) is 0 Å². The van der Waals surface area contributed by atoms with Gasteiger partial charge in [-0.05, 0) is 57.2 Å². The van der Waals surface area contributed by atoms with E-state index in [1.54, 1.807) is 0 Å². The maximum atomic E-state index is 12.2. The van der Waals surface area contributed by atoms with Crippen LogP contribution in [0.5, 0.6) is 0 Å². The molecule has 0 unspecified atom stereocenters. The molecule has 0 aromatic carbocycles. The number of aromatic nitrogens is 1. The Kier molecular flexibility index (Phi) is 6.37. The predicted octanol–water partition coefficient (Wildman–Crippen LogP) is 2.66. The normalized spacial score (nSPS) is 16.9. The average molecular weight is 398 g/mol. The van der Waals surface area contributed by atoms with Crippen LogP contribution in [0.25, 0.3) is 6.08 Å². The van der Waals surface area contributed by atoms with Gasteiger partial charge in [-0.3, -0.25) is 10.1 Å². The minimum absolute atomic E-state index is 0.0770. The largest absolute Gasteiger partial charge is 0.451 e. The Labute approximate surface area is 169 Å². The fraction of sp³-hybridized carbons (Fsp3) is 0.524. The molecule has 2 aliphatic rings. The number of amides is 3. The van der Waals surface area contributed by atoms with E-state index >= 15 is 0 Å². The van der Waals surface area contributed by atoms with Crippen molar-refractivity contribution in [3.8, 4) is 6.07 Å². The van der Waals surface area contributed by atoms with Gasteiger partial charge in [-0.2, -0.15) is 5.26 Å². The van der Waals surface area contributed by atoms with Gasteiger partial charge in [0.1, 0.15) is 11.6 Å². The second-order valence-electron chi connectivity index (χ2n) is 7.68. The van der Waals surface area contributed by atoms with Crippen molar-refractivity contribution in [2.24, 2.45) is 0 Å². The third-order valence-electron chi connectivity index (χ3n) is 5.35. The van der Waals surface area contributed by atoms with Crippen LogP contribution in [0.2, 0.25) is 0 Å². The molecule has 2 aliphatic carbocycles. The van der Waals surface area contributed by atoms with Gasteiger partial charge in [0.15, 0.2) is 6.61 Å². The highest BCUT2D eigenvalue weighted by Crippen LogP contribution is 2.38. The number of nitrogens with zero attached hydrogens (tertiary/aromatic N) is 2. The molecule has 1 aromatic rings. The number of carbonyl (C=O) groups is 3. The number of ether oxygens (including phenoxy) is 1. The molecule has 8 heteroatoms. The summed E-state index contributed by atoms with van der Waals surface area (Å²) >= 11 is 0. The van der Waals surface area contributed by atoms with Crippen molar-refractivity contribution in [3.05, 3.63) is 28.6 Å². The van der Waals surface area contributed by atoms with E-state index in [-0.39, 0.29) is 11.6 Å². The van der Waals surface area contributed by atoms with Gasteiger partial charge in [-0.1, -0.05) is 12.8 Å². The molecule has 2 N–H and O–H groups in total. The first-order chi connectivity index (χ1) is 13.9. The number of rotatable bonds is 6. The Morgan fingerprint density at radius 3 is 2.55 bits per heavy atom. The zero-order valence-electron chi connectivity index (χ0n) is 16.8. The van der Waals surface area contributed by atoms with Crippen LogP contribution in [-0.4, -0.2) is 35.1 Å². The Bertz CT molecular complexity index is 883. The van der Waals surface area contributed by atoms with Gasteiger partial charge < -0.3 is 14.6 Å². The summed E-state index contributed by atoms with van der Waals surface area (Å²) in [7, 11) is 0. The molecule has 0 bridgehead atoms. The van der Waals surface area contributed by atoms with Crippen LogP contribution in [0.4, 0.5) is 4.79 Å². The highest BCUT2D eigenvalue weighted by molar-refractivity contribution is 6.00. The molecule has 8 nitrogen and oxygen atoms in total. The molecule has 2 fully saturated rings. The maximum absolute atomic E-state index is 12.2. The van der Waals surface area contributed by atoms with Crippen LogP contribution in [0.1, 0.15) is 61.5 Å². The molecule has 0 spiro atoms. The summed E-state index contributed by atoms with van der Waals surface area (Å²) in [5.41, 5.74) is 2.66. The number of hydrogen-bond donors (Lipinski definition) is 2. The highest BCUT2D eigenvalue weighted by atomic mass is 16.5. The summed E-state index contributed by atoms with van der Waals surface area (Å²) in [6.45, 7) is 3.32. The number of nitrogens with one attached hydrogen (secondary N) is 2. The monoisotopic (exact) mass is 398 g/mol. The number of nitriles is 1. The molecule has 0 radical (unpaired) electrons. The molecule has 2 saturated carbocycles. The number of carbonyl (C=O) groups excluding carboxylic acids is 3. The first-order valence-electron chi connectivity index (χ1n) is 9.96. The van der Waals surface area contributed by atoms with E-state index in [2.05, 4.69) is 15.2 Å². The van der Waals surface area contributed by atoms with Crippen molar-refractivity contribution >= 4 is 24.0 Å². The number of hydrogen-bond acceptors (Lipinski definition) is 5. The third-order valence-corrected chi connectivity index (χ3v) is 5.35. The SMILES string of the molecule is Cc1cc(/C=C(\C#N)C(=O)OCC(=O)NC(=O)NC2CCCC2)c(C)n1C1CC1. The van der Waals surface area contributed by atoms with Crippen LogP contribution in [0, 0.1) is 25.2 Å². The van der Waals surface area contributed by atoms with E-state index < -0.39 is 24.5 Å². The van der Waals surface area contributed by atoms with Crippen molar-refractivity contribution < 1.29 is 19.1 Å². The summed E-state index contributed by atoms with van der Waals surface area (Å²) in [5.74, 6) is -1.63. The lowest BCUT2D eigenvalue weighted by atomic mass is 10.1. The van der Waals surface area contributed by atoms with E-state index in [0.29, 0.717) is 6.04 Å². The molecule has 29 heavy (non-hydrogen) atoms. The van der Waals surface area contributed by atoms with Crippen molar-refractivity contribution in [1.82, 2.24) is 15.2 Å². The second-order valence-corrected chi connectivity index (χ2v) is 7.68. The van der Waals surface area contributed by atoms with E-state index in [1.807, 2.05) is 26.0 Å². The fourth-order valence-corrected chi connectivity index (χ4v) is 3.80. The van der Waals surface area contributed by atoms with Crippen molar-refractivity contribution in [2.75, 3.05) is 6.61 Å². The molecule has 0 aliphatic heterocycles. The summed E-state index contributed by atoms with van der Waals surface area (Å²) < 4.78 is 7.12. The average Bonchev–Trinajstić information content (AvgIpc) is 3.29. The van der Waals surface area contributed by atoms with Gasteiger partial charge >= 0.3 is 12.0 Å². The highest BCUT2D eigenvalue weighted by Gasteiger charge is 2.27. The topological polar surface area (TPSA) is 113 Å². The maximum Gasteiger partial charge on any atom is 0.349 e. The number of urea groups is 1. The van der Waals surface area contributed by atoms with Crippen LogP contribution < -0.4 is 10.6 Å². The summed E-state index contributed by atoms with van der Waals surface area (Å²) in [4.78, 5) is 35.8. The molecule has 154 valence electrons. The lowest BCUT2D eigenvalue weighted by Gasteiger charge is -2.12. The summed E-state index contributed by atoms with van der Waals surface area (Å²) in [6, 6.07) is 3.73. The standard InChI is InChI=1S/C21H26N4O4/c1-13-9-15(14(2)25(13)18-7-8-18)10-16(11-22)20(27)29-12-19(26)24-21(28)23-17-5-3-4-6-17/h9-10,17-18H,3-8,12H2,1-2H3,(H2,23,24,26,28)/b16-10+. The molecular formula is C21H26N4O4. The lowest BCUT2D eigenvalue weighted by Crippen LogP contribution is -2.45. The molecule has 0 atom stereocenters. The van der Waals surface area contributed by atoms with E-state index in [9.17, 15) is 19.6 Å². The fourth-order valence-electron chi connectivity index (χ4n) is 3.80. The smallest absolute Gasteiger partial charge is 0.349 e. The summed E-state index contributed by atoms with van der Waals surface area (Å²) in [5, 5.41) is 14.2. The number of imide groups is 1. The molecule has 3 rings (SSSR count). The van der Waals surface area contributed by atoms with Gasteiger partial charge in [0.05, 0.1) is 0 Å². The zero-order chi connectivity index (χ0) is 21.0. The van der Waals surface area contributed by atoms with Gasteiger partial charge in [0, 0.05) is 23.5 Å². The molecular weight excluding hydrogens is 372 g/mol. The van der Waals surface area contributed by atoms with Crippen molar-refractivity contribution in [2.45, 2.75) is 64.5 Å². The summed E-state index contributed by atoms with van der Waals surface area (Å²) in [6.07, 6.45) is 7.66. The predicted molar refractivity (Wildman–Crippen MR) is 106 cm³/mol. The van der Waals surface area contributed by atoms with E-state index in [1.165, 1.54) is 6.08 Å². The Morgan fingerprint density at radius 1 is 1.24 bits per heavy atom. The van der Waals surface area contributed by atoms with E-state index in [0.717, 1.165) is 55.5 Å². The van der Waals surface area contributed by atoms with Gasteiger partial charge in [-0.25, -0.2) is 9.59 Å². The van der Waals surface area contributed by atoms with Crippen molar-refractivity contribution in [3.63, 3.8) is 0 Å². The third kappa shape index (κ3) is 5.25. The second kappa shape index (κ2) is 8.95. The molecule has 1 heterocycles. The van der Waals surface area contributed by atoms with Crippen LogP contribution in [0.15, 0.2) is 11.6 Å². The quantitative estimate of drug-likeness (QED) is 0.434. The van der Waals surface area contributed by atoms with Crippen LogP contribution in [-0.2, 0) is 14.3 Å². The van der Waals surface area contributed by atoms with Crippen molar-refractivity contribution in [1.29, 1.82) is 5.26 Å². The first kappa shape index (κ1) is 20.6. The van der Waals surface area contributed by atoms with Gasteiger partial charge in [-0.15, -0.1) is 0 Å². The minimum Gasteiger partial charge on any atom is -0.451 e. The first-order valence-corrected chi connectivity index (χ1v) is 9.96. The van der Waals surface area contributed by atoms with Crippen LogP contribution in [0.3, 0.4) is 0 Å². The Hall–Kier alpha value is -3.08. The number of esters is 1. The Balaban J connectivity index is 1.54. The zero-order valence-corrected chi connectivity index (χ0v) is 16.8.